The maximum absolute atomic E-state index is 4.09. The predicted octanol–water partition coefficient (Wildman–Crippen LogP) is 3.76. The van der Waals surface area contributed by atoms with Crippen molar-refractivity contribution < 1.29 is 0 Å². The summed E-state index contributed by atoms with van der Waals surface area (Å²) in [6.45, 7) is 10.8. The van der Waals surface area contributed by atoms with Gasteiger partial charge in [-0.25, -0.2) is 0 Å². The molecular formula is C14H27N. The van der Waals surface area contributed by atoms with Crippen LogP contribution in [-0.2, 0) is 0 Å². The van der Waals surface area contributed by atoms with Gasteiger partial charge in [0.25, 0.3) is 0 Å². The summed E-state index contributed by atoms with van der Waals surface area (Å²) < 4.78 is 0. The minimum atomic E-state index is 0.860. The minimum Gasteiger partial charge on any atom is -0.317 e. The minimum absolute atomic E-state index is 0.860. The second kappa shape index (κ2) is 7.05. The molecule has 0 heterocycles. The van der Waals surface area contributed by atoms with E-state index in [1.54, 1.807) is 0 Å². The molecule has 0 amide bonds. The monoisotopic (exact) mass is 209 g/mol. The average Bonchev–Trinajstić information content (AvgIpc) is 2.13. The smallest absolute Gasteiger partial charge is 0.00490 e. The van der Waals surface area contributed by atoms with Crippen molar-refractivity contribution in [3.63, 3.8) is 0 Å². The first-order valence-electron chi connectivity index (χ1n) is 6.61. The van der Waals surface area contributed by atoms with Crippen molar-refractivity contribution in [1.82, 2.24) is 5.32 Å². The number of unbranched alkanes of at least 4 members (excludes halogenated alkanes) is 2. The van der Waals surface area contributed by atoms with Crippen LogP contribution in [0, 0.1) is 11.8 Å². The van der Waals surface area contributed by atoms with Crippen molar-refractivity contribution in [3.8, 4) is 0 Å². The Bertz CT molecular complexity index is 186. The van der Waals surface area contributed by atoms with Gasteiger partial charge in [0.1, 0.15) is 0 Å². The van der Waals surface area contributed by atoms with Crippen molar-refractivity contribution in [2.24, 2.45) is 11.8 Å². The Morgan fingerprint density at radius 2 is 2.07 bits per heavy atom. The van der Waals surface area contributed by atoms with Gasteiger partial charge in [-0.2, -0.15) is 0 Å². The third-order valence-corrected chi connectivity index (χ3v) is 3.73. The molecule has 1 rings (SSSR count). The van der Waals surface area contributed by atoms with E-state index in [1.807, 2.05) is 0 Å². The van der Waals surface area contributed by atoms with Crippen molar-refractivity contribution in [1.29, 1.82) is 0 Å². The van der Waals surface area contributed by atoms with Crippen LogP contribution in [-0.4, -0.2) is 13.1 Å². The van der Waals surface area contributed by atoms with Crippen LogP contribution < -0.4 is 5.32 Å². The molecule has 1 heteroatoms. The number of hydrogen-bond acceptors (Lipinski definition) is 1. The van der Waals surface area contributed by atoms with Gasteiger partial charge in [0.2, 0.25) is 0 Å². The Kier molecular flexibility index (Phi) is 6.00. The van der Waals surface area contributed by atoms with Crippen LogP contribution in [0.1, 0.15) is 52.4 Å². The fourth-order valence-electron chi connectivity index (χ4n) is 2.57. The van der Waals surface area contributed by atoms with Crippen LogP contribution in [0.2, 0.25) is 0 Å². The Morgan fingerprint density at radius 1 is 1.27 bits per heavy atom. The molecule has 0 saturated heterocycles. The highest BCUT2D eigenvalue weighted by molar-refractivity contribution is 5.03. The molecule has 0 radical (unpaired) electrons. The van der Waals surface area contributed by atoms with Crippen LogP contribution in [0.4, 0.5) is 0 Å². The second-order valence-corrected chi connectivity index (χ2v) is 4.99. The summed E-state index contributed by atoms with van der Waals surface area (Å²) in [5.41, 5.74) is 1.42. The molecule has 2 unspecified atom stereocenters. The Hall–Kier alpha value is -0.300. The lowest BCUT2D eigenvalue weighted by molar-refractivity contribution is 0.195. The SMILES string of the molecule is C=C(C)C1CCC1CCCCCNCC. The maximum atomic E-state index is 4.09. The fraction of sp³-hybridized carbons (Fsp3) is 0.857. The van der Waals surface area contributed by atoms with Crippen LogP contribution >= 0.6 is 0 Å². The molecule has 88 valence electrons. The summed E-state index contributed by atoms with van der Waals surface area (Å²) in [5.74, 6) is 1.83. The number of allylic oxidation sites excluding steroid dienone is 1. The lowest BCUT2D eigenvalue weighted by atomic mass is 9.68. The average molecular weight is 209 g/mol. The first-order valence-corrected chi connectivity index (χ1v) is 6.61. The molecule has 0 bridgehead atoms. The molecule has 2 atom stereocenters. The standard InChI is InChI=1S/C14H27N/c1-4-15-11-7-5-6-8-13-9-10-14(13)12(2)3/h13-15H,2,4-11H2,1,3H3. The summed E-state index contributed by atoms with van der Waals surface area (Å²) in [6.07, 6.45) is 8.44. The van der Waals surface area contributed by atoms with E-state index >= 15 is 0 Å². The Balaban J connectivity index is 1.94. The molecule has 0 aromatic rings. The second-order valence-electron chi connectivity index (χ2n) is 4.99. The molecule has 1 nitrogen and oxygen atoms in total. The Labute approximate surface area is 95.3 Å². The highest BCUT2D eigenvalue weighted by atomic mass is 14.8. The van der Waals surface area contributed by atoms with E-state index in [9.17, 15) is 0 Å². The quantitative estimate of drug-likeness (QED) is 0.474. The third kappa shape index (κ3) is 4.38. The van der Waals surface area contributed by atoms with Crippen LogP contribution in [0.15, 0.2) is 12.2 Å². The molecule has 1 fully saturated rings. The molecular weight excluding hydrogens is 182 g/mol. The highest BCUT2D eigenvalue weighted by Gasteiger charge is 2.30. The van der Waals surface area contributed by atoms with Crippen molar-refractivity contribution in [3.05, 3.63) is 12.2 Å². The lowest BCUT2D eigenvalue weighted by Crippen LogP contribution is -2.26. The first kappa shape index (κ1) is 12.8. The normalized spacial score (nSPS) is 24.9. The largest absolute Gasteiger partial charge is 0.317 e. The van der Waals surface area contributed by atoms with E-state index < -0.39 is 0 Å². The van der Waals surface area contributed by atoms with Gasteiger partial charge in [-0.1, -0.05) is 31.9 Å². The molecule has 0 aliphatic heterocycles. The lowest BCUT2D eigenvalue weighted by Gasteiger charge is -2.37. The maximum Gasteiger partial charge on any atom is -0.00490 e. The summed E-state index contributed by atoms with van der Waals surface area (Å²) >= 11 is 0. The summed E-state index contributed by atoms with van der Waals surface area (Å²) in [4.78, 5) is 0. The zero-order chi connectivity index (χ0) is 11.1. The zero-order valence-electron chi connectivity index (χ0n) is 10.5. The zero-order valence-corrected chi connectivity index (χ0v) is 10.5. The van der Waals surface area contributed by atoms with Gasteiger partial charge in [0, 0.05) is 0 Å². The van der Waals surface area contributed by atoms with Gasteiger partial charge in [0.05, 0.1) is 0 Å². The van der Waals surface area contributed by atoms with Gasteiger partial charge in [-0.3, -0.25) is 0 Å². The van der Waals surface area contributed by atoms with Crippen LogP contribution in [0.5, 0.6) is 0 Å². The number of hydrogen-bond donors (Lipinski definition) is 1. The van der Waals surface area contributed by atoms with Crippen molar-refractivity contribution in [2.45, 2.75) is 52.4 Å². The first-order chi connectivity index (χ1) is 7.25. The third-order valence-electron chi connectivity index (χ3n) is 3.73. The van der Waals surface area contributed by atoms with Crippen LogP contribution in [0.25, 0.3) is 0 Å². The van der Waals surface area contributed by atoms with Gasteiger partial charge >= 0.3 is 0 Å². The molecule has 1 aliphatic rings. The topological polar surface area (TPSA) is 12.0 Å². The number of rotatable bonds is 8. The molecule has 1 saturated carbocycles. The van der Waals surface area contributed by atoms with E-state index in [1.165, 1.54) is 50.6 Å². The fourth-order valence-corrected chi connectivity index (χ4v) is 2.57. The van der Waals surface area contributed by atoms with Gasteiger partial charge in [-0.15, -0.1) is 0 Å². The summed E-state index contributed by atoms with van der Waals surface area (Å²) in [7, 11) is 0. The van der Waals surface area contributed by atoms with E-state index in [0.717, 1.165) is 18.4 Å². The molecule has 0 aromatic carbocycles. The van der Waals surface area contributed by atoms with Crippen molar-refractivity contribution >= 4 is 0 Å². The van der Waals surface area contributed by atoms with Gasteiger partial charge < -0.3 is 5.32 Å². The molecule has 1 aliphatic carbocycles. The highest BCUT2D eigenvalue weighted by Crippen LogP contribution is 2.41. The summed E-state index contributed by atoms with van der Waals surface area (Å²) in [5, 5.41) is 3.38. The van der Waals surface area contributed by atoms with E-state index in [0.29, 0.717) is 0 Å². The van der Waals surface area contributed by atoms with E-state index in [4.69, 9.17) is 0 Å². The van der Waals surface area contributed by atoms with E-state index in [2.05, 4.69) is 25.7 Å². The molecule has 0 aromatic heterocycles. The molecule has 1 N–H and O–H groups in total. The van der Waals surface area contributed by atoms with Gasteiger partial charge in [0.15, 0.2) is 0 Å². The predicted molar refractivity (Wildman–Crippen MR) is 68.0 cm³/mol. The molecule has 0 spiro atoms. The number of nitrogens with one attached hydrogen (secondary N) is 1. The summed E-state index contributed by atoms with van der Waals surface area (Å²) in [6, 6.07) is 0. The Morgan fingerprint density at radius 3 is 2.60 bits per heavy atom. The van der Waals surface area contributed by atoms with E-state index in [-0.39, 0.29) is 0 Å². The van der Waals surface area contributed by atoms with Crippen molar-refractivity contribution in [2.75, 3.05) is 13.1 Å². The van der Waals surface area contributed by atoms with Gasteiger partial charge in [-0.05, 0) is 57.5 Å². The molecule has 15 heavy (non-hydrogen) atoms. The van der Waals surface area contributed by atoms with Crippen LogP contribution in [0.3, 0.4) is 0 Å².